The Hall–Kier alpha value is -4.38. The Labute approximate surface area is 161 Å². The molecule has 0 amide bonds. The van der Waals surface area contributed by atoms with E-state index in [-0.39, 0.29) is 5.92 Å². The summed E-state index contributed by atoms with van der Waals surface area (Å²) in [5, 5.41) is 17.3. The molecule has 0 fully saturated rings. The van der Waals surface area contributed by atoms with Crippen molar-refractivity contribution in [2.24, 2.45) is 4.99 Å². The van der Waals surface area contributed by atoms with Crippen molar-refractivity contribution in [3.05, 3.63) is 89.5 Å². The van der Waals surface area contributed by atoms with Crippen LogP contribution in [0.5, 0.6) is 11.5 Å². The van der Waals surface area contributed by atoms with Crippen LogP contribution in [0.3, 0.4) is 0 Å². The zero-order chi connectivity index (χ0) is 19.8. The molecule has 0 unspecified atom stereocenters. The molecule has 0 radical (unpaired) electrons. The highest BCUT2D eigenvalue weighted by Gasteiger charge is 2.17. The van der Waals surface area contributed by atoms with Gasteiger partial charge in [-0.1, -0.05) is 36.4 Å². The minimum atomic E-state index is -0.124. The highest BCUT2D eigenvalue weighted by atomic mass is 16.5. The van der Waals surface area contributed by atoms with Gasteiger partial charge in [0.15, 0.2) is 0 Å². The summed E-state index contributed by atoms with van der Waals surface area (Å²) in [5.74, 6) is 0.790. The Kier molecular flexibility index (Phi) is 5.80. The summed E-state index contributed by atoms with van der Waals surface area (Å²) in [7, 11) is 0. The van der Waals surface area contributed by atoms with Crippen molar-refractivity contribution in [2.45, 2.75) is 5.92 Å². The third-order valence-corrected chi connectivity index (χ3v) is 4.16. The third kappa shape index (κ3) is 4.23. The van der Waals surface area contributed by atoms with Gasteiger partial charge < -0.3 is 9.47 Å². The fraction of sp³-hybridized carbons (Fsp3) is 0.0455. The van der Waals surface area contributed by atoms with E-state index in [1.54, 1.807) is 48.9 Å². The molecule has 0 aliphatic carbocycles. The van der Waals surface area contributed by atoms with E-state index in [0.717, 1.165) is 16.7 Å². The third-order valence-electron chi connectivity index (χ3n) is 4.16. The average Bonchev–Trinajstić information content (AvgIpc) is 2.73. The van der Waals surface area contributed by atoms with E-state index in [1.165, 1.54) is 6.08 Å². The fourth-order valence-corrected chi connectivity index (χ4v) is 2.93. The summed E-state index contributed by atoms with van der Waals surface area (Å²) in [6.45, 7) is 0. The summed E-state index contributed by atoms with van der Waals surface area (Å²) in [6, 6.07) is 21.7. The zero-order valence-corrected chi connectivity index (χ0v) is 14.6. The first kappa shape index (κ1) is 18.4. The van der Waals surface area contributed by atoms with Crippen molar-refractivity contribution in [1.29, 1.82) is 10.5 Å². The molecule has 28 heavy (non-hydrogen) atoms. The quantitative estimate of drug-likeness (QED) is 0.275. The Morgan fingerprint density at radius 3 is 1.43 bits per heavy atom. The van der Waals surface area contributed by atoms with Gasteiger partial charge >= 0.3 is 0 Å². The number of hydrogen-bond acceptors (Lipinski definition) is 6. The summed E-state index contributed by atoms with van der Waals surface area (Å²) >= 11 is 0. The topological polar surface area (TPSA) is 95.5 Å². The molecule has 0 saturated carbocycles. The van der Waals surface area contributed by atoms with Crippen LogP contribution in [0, 0.1) is 23.0 Å². The molecule has 3 aromatic rings. The molecule has 0 heterocycles. The molecule has 0 saturated heterocycles. The van der Waals surface area contributed by atoms with Gasteiger partial charge in [0, 0.05) is 5.92 Å². The van der Waals surface area contributed by atoms with Crippen molar-refractivity contribution in [2.75, 3.05) is 0 Å². The first-order valence-electron chi connectivity index (χ1n) is 8.25. The second kappa shape index (κ2) is 8.82. The van der Waals surface area contributed by atoms with E-state index in [2.05, 4.69) is 4.99 Å². The zero-order valence-electron chi connectivity index (χ0n) is 14.6. The predicted octanol–water partition coefficient (Wildman–Crippen LogP) is 4.55. The van der Waals surface area contributed by atoms with Gasteiger partial charge in [-0.2, -0.15) is 4.99 Å². The van der Waals surface area contributed by atoms with E-state index in [4.69, 9.17) is 20.0 Å². The van der Waals surface area contributed by atoms with Crippen molar-refractivity contribution in [3.63, 3.8) is 0 Å². The van der Waals surface area contributed by atoms with Crippen LogP contribution in [0.25, 0.3) is 0 Å². The van der Waals surface area contributed by atoms with Gasteiger partial charge in [-0.25, -0.2) is 4.79 Å². The van der Waals surface area contributed by atoms with Crippen LogP contribution in [-0.4, -0.2) is 6.08 Å². The molecule has 3 rings (SSSR count). The smallest absolute Gasteiger partial charge is 0.292 e. The van der Waals surface area contributed by atoms with Crippen LogP contribution in [0.15, 0.2) is 77.8 Å². The maximum Gasteiger partial charge on any atom is 0.292 e. The van der Waals surface area contributed by atoms with Crippen LogP contribution in [0.2, 0.25) is 0 Å². The minimum Gasteiger partial charge on any atom is -0.388 e. The fourth-order valence-electron chi connectivity index (χ4n) is 2.93. The molecule has 134 valence electrons. The number of hydrogen-bond donors (Lipinski definition) is 0. The molecule has 0 aliphatic rings. The summed E-state index contributed by atoms with van der Waals surface area (Å²) < 4.78 is 9.69. The van der Waals surface area contributed by atoms with Crippen molar-refractivity contribution >= 4 is 11.8 Å². The molecule has 0 spiro atoms. The van der Waals surface area contributed by atoms with Gasteiger partial charge in [-0.05, 0) is 53.1 Å². The molecular formula is C22H13N3O3. The van der Waals surface area contributed by atoms with Crippen LogP contribution in [0.4, 0.5) is 5.69 Å². The van der Waals surface area contributed by atoms with Crippen molar-refractivity contribution in [1.82, 2.24) is 0 Å². The van der Waals surface area contributed by atoms with E-state index < -0.39 is 0 Å². The van der Waals surface area contributed by atoms with Gasteiger partial charge in [0.25, 0.3) is 12.5 Å². The highest BCUT2D eigenvalue weighted by molar-refractivity contribution is 5.52. The summed E-state index contributed by atoms with van der Waals surface area (Å²) in [5.41, 5.74) is 3.46. The average molecular weight is 367 g/mol. The van der Waals surface area contributed by atoms with Gasteiger partial charge in [0.2, 0.25) is 6.08 Å². The normalized spacial score (nSPS) is 9.68. The van der Waals surface area contributed by atoms with Gasteiger partial charge in [-0.3, -0.25) is 0 Å². The SMILES string of the molecule is N#COc1ccc(C(c2ccc(N=C=O)cc2)c2ccc(OC#N)cc2)cc1. The number of rotatable bonds is 6. The number of nitrogens with zero attached hydrogens (tertiary/aromatic N) is 3. The van der Waals surface area contributed by atoms with Crippen LogP contribution < -0.4 is 9.47 Å². The molecule has 6 heteroatoms. The largest absolute Gasteiger partial charge is 0.388 e. The number of nitriles is 2. The van der Waals surface area contributed by atoms with E-state index in [1.807, 2.05) is 36.4 Å². The number of carbonyl (C=O) groups excluding carboxylic acids is 1. The Balaban J connectivity index is 2.03. The lowest BCUT2D eigenvalue weighted by molar-refractivity contribution is 0.507. The standard InChI is InChI=1S/C22H13N3O3/c23-13-27-20-9-3-17(4-10-20)22(16-1-7-19(8-2-16)25-15-26)18-5-11-21(12-6-18)28-14-24/h1-12,22H. The molecule has 0 aliphatic heterocycles. The Morgan fingerprint density at radius 1 is 0.679 bits per heavy atom. The molecule has 6 nitrogen and oxygen atoms in total. The minimum absolute atomic E-state index is 0.124. The van der Waals surface area contributed by atoms with Crippen molar-refractivity contribution in [3.8, 4) is 24.0 Å². The van der Waals surface area contributed by atoms with E-state index >= 15 is 0 Å². The molecule has 0 aromatic heterocycles. The molecule has 3 aromatic carbocycles. The van der Waals surface area contributed by atoms with Gasteiger partial charge in [-0.15, -0.1) is 10.5 Å². The number of aliphatic imine (C=N–C) groups is 1. The van der Waals surface area contributed by atoms with Crippen LogP contribution in [0.1, 0.15) is 22.6 Å². The number of isocyanates is 1. The highest BCUT2D eigenvalue weighted by Crippen LogP contribution is 2.34. The lowest BCUT2D eigenvalue weighted by Gasteiger charge is -2.19. The summed E-state index contributed by atoms with van der Waals surface area (Å²) in [6.07, 6.45) is 4.83. The molecular weight excluding hydrogens is 354 g/mol. The molecule has 0 N–H and O–H groups in total. The van der Waals surface area contributed by atoms with Crippen LogP contribution >= 0.6 is 0 Å². The van der Waals surface area contributed by atoms with Crippen LogP contribution in [-0.2, 0) is 4.79 Å². The molecule has 0 bridgehead atoms. The summed E-state index contributed by atoms with van der Waals surface area (Å²) in [4.78, 5) is 14.1. The predicted molar refractivity (Wildman–Crippen MR) is 101 cm³/mol. The maximum atomic E-state index is 10.4. The number of ether oxygens (including phenoxy) is 2. The van der Waals surface area contributed by atoms with Gasteiger partial charge in [0.05, 0.1) is 5.69 Å². The Bertz CT molecular complexity index is 1010. The monoisotopic (exact) mass is 367 g/mol. The Morgan fingerprint density at radius 2 is 1.07 bits per heavy atom. The molecule has 0 atom stereocenters. The van der Waals surface area contributed by atoms with Gasteiger partial charge in [0.1, 0.15) is 11.5 Å². The van der Waals surface area contributed by atoms with Crippen molar-refractivity contribution < 1.29 is 14.3 Å². The van der Waals surface area contributed by atoms with E-state index in [9.17, 15) is 4.79 Å². The second-order valence-corrected chi connectivity index (χ2v) is 5.75. The second-order valence-electron chi connectivity index (χ2n) is 5.75. The number of benzene rings is 3. The lowest BCUT2D eigenvalue weighted by Crippen LogP contribution is -2.03. The lowest BCUT2D eigenvalue weighted by atomic mass is 9.85. The first-order chi connectivity index (χ1) is 13.7. The maximum absolute atomic E-state index is 10.4. The first-order valence-corrected chi connectivity index (χ1v) is 8.25. The van der Waals surface area contributed by atoms with E-state index in [0.29, 0.717) is 17.2 Å².